The lowest BCUT2D eigenvalue weighted by Gasteiger charge is -2.21. The minimum Gasteiger partial charge on any atom is -0.351 e. The van der Waals surface area contributed by atoms with Gasteiger partial charge >= 0.3 is 0 Å². The van der Waals surface area contributed by atoms with Crippen molar-refractivity contribution in [2.45, 2.75) is 18.9 Å². The van der Waals surface area contributed by atoms with E-state index in [-0.39, 0.29) is 22.8 Å². The second kappa shape index (κ2) is 7.10. The van der Waals surface area contributed by atoms with Crippen LogP contribution >= 0.6 is 27.5 Å². The van der Waals surface area contributed by atoms with Crippen molar-refractivity contribution in [3.05, 3.63) is 51.5 Å². The molecule has 1 aliphatic carbocycles. The molecular formula is C18H15BrClFN4O2. The summed E-state index contributed by atoms with van der Waals surface area (Å²) in [6, 6.07) is 6.72. The number of fused-ring (bicyclic) bond motifs is 1. The Morgan fingerprint density at radius 1 is 1.44 bits per heavy atom. The number of carbonyl (C=O) groups excluding carboxylic acids is 1. The van der Waals surface area contributed by atoms with Crippen molar-refractivity contribution in [3.8, 4) is 0 Å². The molecule has 0 spiro atoms. The van der Waals surface area contributed by atoms with Crippen LogP contribution in [0.5, 0.6) is 0 Å². The molecule has 1 heterocycles. The van der Waals surface area contributed by atoms with E-state index in [1.165, 1.54) is 18.5 Å². The summed E-state index contributed by atoms with van der Waals surface area (Å²) in [5, 5.41) is 4.62. The van der Waals surface area contributed by atoms with Crippen LogP contribution < -0.4 is 5.32 Å². The van der Waals surface area contributed by atoms with Gasteiger partial charge < -0.3 is 10.3 Å². The summed E-state index contributed by atoms with van der Waals surface area (Å²) in [4.78, 5) is 25.1. The highest BCUT2D eigenvalue weighted by atomic mass is 79.9. The van der Waals surface area contributed by atoms with E-state index in [2.05, 4.69) is 31.2 Å². The topological polar surface area (TPSA) is 70.2 Å². The number of benzene rings is 2. The Morgan fingerprint density at radius 2 is 2.22 bits per heavy atom. The summed E-state index contributed by atoms with van der Waals surface area (Å²) in [7, 11) is 1.43. The smallest absolute Gasteiger partial charge is 0.279 e. The first-order chi connectivity index (χ1) is 13.0. The van der Waals surface area contributed by atoms with Gasteiger partial charge in [-0.1, -0.05) is 27.5 Å². The number of anilines is 2. The highest BCUT2D eigenvalue weighted by molar-refractivity contribution is 9.10. The third-order valence-electron chi connectivity index (χ3n) is 4.35. The van der Waals surface area contributed by atoms with Crippen LogP contribution in [0.4, 0.5) is 15.8 Å². The molecule has 6 nitrogen and oxygen atoms in total. The van der Waals surface area contributed by atoms with Crippen molar-refractivity contribution >= 4 is 55.8 Å². The molecule has 1 amide bonds. The number of hydrogen-bond donors (Lipinski definition) is 2. The fourth-order valence-corrected chi connectivity index (χ4v) is 3.60. The van der Waals surface area contributed by atoms with Gasteiger partial charge in [0, 0.05) is 4.47 Å². The largest absolute Gasteiger partial charge is 0.351 e. The highest BCUT2D eigenvalue weighted by Gasteiger charge is 2.35. The first-order valence-corrected chi connectivity index (χ1v) is 9.42. The highest BCUT2D eigenvalue weighted by Crippen LogP contribution is 2.36. The van der Waals surface area contributed by atoms with E-state index >= 15 is 4.39 Å². The molecule has 0 aliphatic heterocycles. The van der Waals surface area contributed by atoms with Crippen LogP contribution in [0.15, 0.2) is 35.1 Å². The van der Waals surface area contributed by atoms with Crippen molar-refractivity contribution < 1.29 is 14.0 Å². The van der Waals surface area contributed by atoms with E-state index in [1.807, 2.05) is 0 Å². The van der Waals surface area contributed by atoms with Gasteiger partial charge in [0.25, 0.3) is 5.91 Å². The van der Waals surface area contributed by atoms with E-state index in [0.29, 0.717) is 16.2 Å². The fourth-order valence-electron chi connectivity index (χ4n) is 2.88. The summed E-state index contributed by atoms with van der Waals surface area (Å²) >= 11 is 9.59. The molecule has 3 aromatic rings. The second-order valence-electron chi connectivity index (χ2n) is 6.21. The number of carbonyl (C=O) groups is 1. The molecule has 140 valence electrons. The minimum absolute atomic E-state index is 0.00604. The molecule has 0 saturated heterocycles. The summed E-state index contributed by atoms with van der Waals surface area (Å²) in [6.07, 6.45) is 3.10. The Kier molecular flexibility index (Phi) is 4.79. The van der Waals surface area contributed by atoms with Gasteiger partial charge in [0.1, 0.15) is 5.52 Å². The lowest BCUT2D eigenvalue weighted by atomic mass is 10.1. The molecule has 2 N–H and O–H groups in total. The Labute approximate surface area is 167 Å². The Bertz CT molecular complexity index is 1040. The summed E-state index contributed by atoms with van der Waals surface area (Å²) in [5.41, 5.74) is 1.18. The Hall–Kier alpha value is -2.16. The van der Waals surface area contributed by atoms with Crippen molar-refractivity contribution in [2.24, 2.45) is 0 Å². The van der Waals surface area contributed by atoms with Gasteiger partial charge in [0.2, 0.25) is 0 Å². The standard InChI is InChI=1S/C18H15BrClFN4O2/c1-27-25(10-3-4-10)18(26)11-7-14-17(23-8-22-14)15(21)16(11)24-13-5-2-9(19)6-12(13)20/h2,5-8,10,24H,3-4H2,1H3,(H,22,23). The van der Waals surface area contributed by atoms with Crippen LogP contribution in [0.2, 0.25) is 5.02 Å². The molecule has 4 rings (SSSR count). The number of aromatic nitrogens is 2. The first-order valence-electron chi connectivity index (χ1n) is 8.25. The zero-order valence-corrected chi connectivity index (χ0v) is 16.6. The van der Waals surface area contributed by atoms with Gasteiger partial charge in [0.15, 0.2) is 5.82 Å². The van der Waals surface area contributed by atoms with Crippen LogP contribution in [0.1, 0.15) is 23.2 Å². The zero-order valence-electron chi connectivity index (χ0n) is 14.2. The predicted octanol–water partition coefficient (Wildman–Crippen LogP) is 5.03. The van der Waals surface area contributed by atoms with Gasteiger partial charge in [-0.15, -0.1) is 0 Å². The normalized spacial score (nSPS) is 13.8. The molecule has 1 aliphatic rings. The molecule has 27 heavy (non-hydrogen) atoms. The average Bonchev–Trinajstić information content (AvgIpc) is 3.35. The average molecular weight is 454 g/mol. The third-order valence-corrected chi connectivity index (χ3v) is 5.16. The van der Waals surface area contributed by atoms with Gasteiger partial charge in [0.05, 0.1) is 47.0 Å². The van der Waals surface area contributed by atoms with E-state index in [9.17, 15) is 4.79 Å². The van der Waals surface area contributed by atoms with Gasteiger partial charge in [-0.3, -0.25) is 9.63 Å². The lowest BCUT2D eigenvalue weighted by molar-refractivity contribution is -0.101. The molecule has 0 radical (unpaired) electrons. The van der Waals surface area contributed by atoms with E-state index in [4.69, 9.17) is 16.4 Å². The van der Waals surface area contributed by atoms with Crippen LogP contribution in [0.3, 0.4) is 0 Å². The van der Waals surface area contributed by atoms with Crippen LogP contribution in [-0.4, -0.2) is 34.1 Å². The predicted molar refractivity (Wildman–Crippen MR) is 105 cm³/mol. The maximum absolute atomic E-state index is 15.2. The number of nitrogens with one attached hydrogen (secondary N) is 2. The van der Waals surface area contributed by atoms with Crippen molar-refractivity contribution in [1.29, 1.82) is 0 Å². The number of halogens is 3. The minimum atomic E-state index is -0.636. The van der Waals surface area contributed by atoms with Crippen molar-refractivity contribution in [1.82, 2.24) is 15.0 Å². The zero-order chi connectivity index (χ0) is 19.1. The number of hydroxylamine groups is 2. The number of amides is 1. The van der Waals surface area contributed by atoms with Crippen LogP contribution in [0, 0.1) is 5.82 Å². The summed E-state index contributed by atoms with van der Waals surface area (Å²) < 4.78 is 16.0. The summed E-state index contributed by atoms with van der Waals surface area (Å²) in [5.74, 6) is -1.06. The lowest BCUT2D eigenvalue weighted by Crippen LogP contribution is -2.32. The molecule has 0 bridgehead atoms. The SMILES string of the molecule is CON(C(=O)c1cc2[nH]cnc2c(F)c1Nc1ccc(Br)cc1Cl)C1CC1. The molecule has 1 fully saturated rings. The summed E-state index contributed by atoms with van der Waals surface area (Å²) in [6.45, 7) is 0. The fraction of sp³-hybridized carbons (Fsp3) is 0.222. The molecule has 0 unspecified atom stereocenters. The maximum Gasteiger partial charge on any atom is 0.279 e. The molecule has 2 aromatic carbocycles. The molecule has 1 aromatic heterocycles. The Balaban J connectivity index is 1.83. The number of nitrogens with zero attached hydrogens (tertiary/aromatic N) is 2. The molecule has 9 heteroatoms. The van der Waals surface area contributed by atoms with Crippen LogP contribution in [-0.2, 0) is 4.84 Å². The van der Waals surface area contributed by atoms with Crippen LogP contribution in [0.25, 0.3) is 11.0 Å². The van der Waals surface area contributed by atoms with Gasteiger partial charge in [-0.25, -0.2) is 14.4 Å². The monoisotopic (exact) mass is 452 g/mol. The molecule has 0 atom stereocenters. The van der Waals surface area contributed by atoms with E-state index < -0.39 is 11.7 Å². The van der Waals surface area contributed by atoms with E-state index in [0.717, 1.165) is 17.3 Å². The van der Waals surface area contributed by atoms with Gasteiger partial charge in [-0.05, 0) is 37.1 Å². The first kappa shape index (κ1) is 18.2. The molecular weight excluding hydrogens is 439 g/mol. The number of rotatable bonds is 5. The quantitative estimate of drug-likeness (QED) is 0.532. The number of aromatic amines is 1. The Morgan fingerprint density at radius 3 is 2.89 bits per heavy atom. The number of imidazole rings is 1. The number of hydrogen-bond acceptors (Lipinski definition) is 4. The van der Waals surface area contributed by atoms with E-state index in [1.54, 1.807) is 24.3 Å². The van der Waals surface area contributed by atoms with Crippen molar-refractivity contribution in [2.75, 3.05) is 12.4 Å². The third kappa shape index (κ3) is 3.40. The maximum atomic E-state index is 15.2. The molecule has 1 saturated carbocycles. The second-order valence-corrected chi connectivity index (χ2v) is 7.53. The van der Waals surface area contributed by atoms with Gasteiger partial charge in [-0.2, -0.15) is 0 Å². The number of H-pyrrole nitrogens is 1. The van der Waals surface area contributed by atoms with Crippen molar-refractivity contribution in [3.63, 3.8) is 0 Å².